The average Bonchev–Trinajstić information content (AvgIpc) is 2.03. The number of rotatable bonds is 2. The molecule has 1 rings (SSSR count). The zero-order valence-corrected chi connectivity index (χ0v) is 6.72. The first-order chi connectivity index (χ1) is 5.66. The molecule has 0 aliphatic rings. The third kappa shape index (κ3) is 1.58. The highest BCUT2D eigenvalue weighted by atomic mass is 19.3. The van der Waals surface area contributed by atoms with Crippen molar-refractivity contribution in [1.82, 2.24) is 4.98 Å². The van der Waals surface area contributed by atoms with Gasteiger partial charge in [0.2, 0.25) is 0 Å². The summed E-state index contributed by atoms with van der Waals surface area (Å²) in [4.78, 5) is 3.77. The second-order valence-electron chi connectivity index (χ2n) is 2.49. The molecule has 66 valence electrons. The van der Waals surface area contributed by atoms with E-state index in [-0.39, 0.29) is 17.8 Å². The average molecular weight is 172 g/mol. The third-order valence-electron chi connectivity index (χ3n) is 1.70. The van der Waals surface area contributed by atoms with Crippen molar-refractivity contribution in [3.8, 4) is 0 Å². The van der Waals surface area contributed by atoms with Crippen LogP contribution in [0.2, 0.25) is 0 Å². The van der Waals surface area contributed by atoms with Crippen molar-refractivity contribution < 1.29 is 8.78 Å². The fourth-order valence-electron chi connectivity index (χ4n) is 1.09. The molecule has 0 aromatic carbocycles. The number of aryl methyl sites for hydroxylation is 1. The van der Waals surface area contributed by atoms with Crippen molar-refractivity contribution in [2.24, 2.45) is 5.73 Å². The lowest BCUT2D eigenvalue weighted by Gasteiger charge is -2.08. The normalized spacial score (nSPS) is 10.8. The SMILES string of the molecule is Cc1ccnc(CN)c1C(F)F. The van der Waals surface area contributed by atoms with Gasteiger partial charge in [-0.05, 0) is 18.6 Å². The van der Waals surface area contributed by atoms with Crippen molar-refractivity contribution in [2.75, 3.05) is 0 Å². The number of nitrogens with zero attached hydrogens (tertiary/aromatic N) is 1. The van der Waals surface area contributed by atoms with Gasteiger partial charge in [-0.1, -0.05) is 0 Å². The summed E-state index contributed by atoms with van der Waals surface area (Å²) in [5.41, 5.74) is 6.06. The van der Waals surface area contributed by atoms with E-state index in [0.29, 0.717) is 5.56 Å². The van der Waals surface area contributed by atoms with Crippen LogP contribution in [0.1, 0.15) is 23.2 Å². The minimum Gasteiger partial charge on any atom is -0.325 e. The monoisotopic (exact) mass is 172 g/mol. The molecule has 1 heterocycles. The molecule has 0 fully saturated rings. The Hall–Kier alpha value is -1.03. The summed E-state index contributed by atoms with van der Waals surface area (Å²) in [5.74, 6) is 0. The van der Waals surface area contributed by atoms with E-state index in [9.17, 15) is 8.78 Å². The Morgan fingerprint density at radius 1 is 1.58 bits per heavy atom. The van der Waals surface area contributed by atoms with Crippen molar-refractivity contribution >= 4 is 0 Å². The first-order valence-corrected chi connectivity index (χ1v) is 3.59. The molecule has 0 bridgehead atoms. The predicted molar refractivity (Wildman–Crippen MR) is 41.8 cm³/mol. The Kier molecular flexibility index (Phi) is 2.70. The first-order valence-electron chi connectivity index (χ1n) is 3.59. The van der Waals surface area contributed by atoms with Crippen molar-refractivity contribution in [3.05, 3.63) is 29.1 Å². The van der Waals surface area contributed by atoms with Gasteiger partial charge in [-0.25, -0.2) is 8.78 Å². The Morgan fingerprint density at radius 3 is 2.67 bits per heavy atom. The maximum atomic E-state index is 12.4. The second-order valence-corrected chi connectivity index (χ2v) is 2.49. The molecular weight excluding hydrogens is 162 g/mol. The van der Waals surface area contributed by atoms with E-state index < -0.39 is 6.43 Å². The Bertz CT molecular complexity index is 274. The number of aromatic nitrogens is 1. The Balaban J connectivity index is 3.20. The van der Waals surface area contributed by atoms with Crippen LogP contribution in [0.5, 0.6) is 0 Å². The summed E-state index contributed by atoms with van der Waals surface area (Å²) in [6.45, 7) is 1.68. The molecule has 0 saturated carbocycles. The van der Waals surface area contributed by atoms with Crippen LogP contribution in [0.15, 0.2) is 12.3 Å². The van der Waals surface area contributed by atoms with Gasteiger partial charge in [-0.2, -0.15) is 0 Å². The van der Waals surface area contributed by atoms with Gasteiger partial charge < -0.3 is 5.73 Å². The highest BCUT2D eigenvalue weighted by Gasteiger charge is 2.15. The molecule has 12 heavy (non-hydrogen) atoms. The summed E-state index contributed by atoms with van der Waals surface area (Å²) in [6, 6.07) is 1.56. The highest BCUT2D eigenvalue weighted by Crippen LogP contribution is 2.24. The quantitative estimate of drug-likeness (QED) is 0.738. The molecule has 0 radical (unpaired) electrons. The van der Waals surface area contributed by atoms with Crippen LogP contribution >= 0.6 is 0 Å². The lowest BCUT2D eigenvalue weighted by atomic mass is 10.1. The van der Waals surface area contributed by atoms with Gasteiger partial charge in [0.05, 0.1) is 5.69 Å². The van der Waals surface area contributed by atoms with Crippen LogP contribution in [0.4, 0.5) is 8.78 Å². The third-order valence-corrected chi connectivity index (χ3v) is 1.70. The van der Waals surface area contributed by atoms with E-state index in [1.54, 1.807) is 13.0 Å². The molecule has 2 N–H and O–H groups in total. The minimum atomic E-state index is -2.49. The highest BCUT2D eigenvalue weighted by molar-refractivity contribution is 5.29. The Labute approximate surface area is 69.4 Å². The fraction of sp³-hybridized carbons (Fsp3) is 0.375. The molecule has 0 atom stereocenters. The standard InChI is InChI=1S/C8H10F2N2/c1-5-2-3-12-6(4-11)7(5)8(9)10/h2-3,8H,4,11H2,1H3. The van der Waals surface area contributed by atoms with Gasteiger partial charge in [-0.3, -0.25) is 4.98 Å². The van der Waals surface area contributed by atoms with Gasteiger partial charge in [0.25, 0.3) is 6.43 Å². The maximum absolute atomic E-state index is 12.4. The number of halogens is 2. The number of hydrogen-bond donors (Lipinski definition) is 1. The Morgan fingerprint density at radius 2 is 2.25 bits per heavy atom. The molecule has 0 aliphatic carbocycles. The zero-order valence-electron chi connectivity index (χ0n) is 6.72. The van der Waals surface area contributed by atoms with E-state index >= 15 is 0 Å². The summed E-state index contributed by atoms with van der Waals surface area (Å²) in [7, 11) is 0. The van der Waals surface area contributed by atoms with Gasteiger partial charge in [-0.15, -0.1) is 0 Å². The summed E-state index contributed by atoms with van der Waals surface area (Å²) in [6.07, 6.45) is -0.999. The molecular formula is C8H10F2N2. The second kappa shape index (κ2) is 3.58. The number of hydrogen-bond acceptors (Lipinski definition) is 2. The van der Waals surface area contributed by atoms with Crippen LogP contribution in [-0.2, 0) is 6.54 Å². The molecule has 1 aromatic heterocycles. The smallest absolute Gasteiger partial charge is 0.265 e. The lowest BCUT2D eigenvalue weighted by molar-refractivity contribution is 0.149. The van der Waals surface area contributed by atoms with Crippen molar-refractivity contribution in [1.29, 1.82) is 0 Å². The van der Waals surface area contributed by atoms with E-state index in [2.05, 4.69) is 4.98 Å². The number of pyridine rings is 1. The topological polar surface area (TPSA) is 38.9 Å². The van der Waals surface area contributed by atoms with Crippen LogP contribution in [0, 0.1) is 6.92 Å². The molecule has 0 unspecified atom stereocenters. The van der Waals surface area contributed by atoms with E-state index in [0.717, 1.165) is 0 Å². The molecule has 0 aliphatic heterocycles. The van der Waals surface area contributed by atoms with Gasteiger partial charge in [0, 0.05) is 18.3 Å². The fourth-order valence-corrected chi connectivity index (χ4v) is 1.09. The van der Waals surface area contributed by atoms with E-state index in [1.807, 2.05) is 0 Å². The molecule has 0 saturated heterocycles. The summed E-state index contributed by atoms with van der Waals surface area (Å²) >= 11 is 0. The number of nitrogens with two attached hydrogens (primary N) is 1. The van der Waals surface area contributed by atoms with Gasteiger partial charge in [0.15, 0.2) is 0 Å². The lowest BCUT2D eigenvalue weighted by Crippen LogP contribution is -2.06. The molecule has 1 aromatic rings. The number of alkyl halides is 2. The molecule has 0 spiro atoms. The maximum Gasteiger partial charge on any atom is 0.265 e. The van der Waals surface area contributed by atoms with Crippen LogP contribution in [-0.4, -0.2) is 4.98 Å². The van der Waals surface area contributed by atoms with Crippen molar-refractivity contribution in [3.63, 3.8) is 0 Å². The van der Waals surface area contributed by atoms with E-state index in [1.165, 1.54) is 6.20 Å². The van der Waals surface area contributed by atoms with Crippen LogP contribution in [0.25, 0.3) is 0 Å². The summed E-state index contributed by atoms with van der Waals surface area (Å²) < 4.78 is 24.8. The van der Waals surface area contributed by atoms with Crippen LogP contribution in [0.3, 0.4) is 0 Å². The zero-order chi connectivity index (χ0) is 9.14. The summed E-state index contributed by atoms with van der Waals surface area (Å²) in [5, 5.41) is 0. The predicted octanol–water partition coefficient (Wildman–Crippen LogP) is 1.79. The van der Waals surface area contributed by atoms with Gasteiger partial charge >= 0.3 is 0 Å². The molecule has 4 heteroatoms. The first kappa shape index (κ1) is 9.06. The molecule has 0 amide bonds. The van der Waals surface area contributed by atoms with Crippen LogP contribution < -0.4 is 5.73 Å². The minimum absolute atomic E-state index is 0.0278. The van der Waals surface area contributed by atoms with Gasteiger partial charge in [0.1, 0.15) is 0 Å². The molecule has 2 nitrogen and oxygen atoms in total. The largest absolute Gasteiger partial charge is 0.325 e. The van der Waals surface area contributed by atoms with E-state index in [4.69, 9.17) is 5.73 Å². The van der Waals surface area contributed by atoms with Crippen molar-refractivity contribution in [2.45, 2.75) is 19.9 Å².